The third kappa shape index (κ3) is 4.06. The molecular formula is C18H21N3OS. The zero-order valence-corrected chi connectivity index (χ0v) is 13.8. The third-order valence-electron chi connectivity index (χ3n) is 4.07. The molecule has 0 aliphatic carbocycles. The quantitative estimate of drug-likeness (QED) is 0.514. The van der Waals surface area contributed by atoms with Crippen LogP contribution < -0.4 is 16.2 Å². The molecule has 23 heavy (non-hydrogen) atoms. The van der Waals surface area contributed by atoms with Crippen molar-refractivity contribution in [3.63, 3.8) is 0 Å². The number of nitrogens with one attached hydrogen (secondary N) is 1. The predicted molar refractivity (Wildman–Crippen MR) is 96.7 cm³/mol. The van der Waals surface area contributed by atoms with Crippen LogP contribution in [0.3, 0.4) is 0 Å². The number of nitrogen functional groups attached to an aromatic ring is 1. The molecule has 0 spiro atoms. The molecule has 1 heterocycles. The molecule has 0 aromatic heterocycles. The van der Waals surface area contributed by atoms with Gasteiger partial charge in [-0.1, -0.05) is 30.3 Å². The van der Waals surface area contributed by atoms with Crippen LogP contribution in [0, 0.1) is 0 Å². The second kappa shape index (κ2) is 7.53. The lowest BCUT2D eigenvalue weighted by Gasteiger charge is -2.34. The van der Waals surface area contributed by atoms with Crippen molar-refractivity contribution in [3.05, 3.63) is 65.7 Å². The molecule has 3 N–H and O–H groups in total. The summed E-state index contributed by atoms with van der Waals surface area (Å²) in [6.07, 6.45) is 1.01. The topological polar surface area (TPSA) is 58.4 Å². The fourth-order valence-corrected chi connectivity index (χ4v) is 4.11. The summed E-state index contributed by atoms with van der Waals surface area (Å²) in [6, 6.07) is 18.3. The average molecular weight is 327 g/mol. The van der Waals surface area contributed by atoms with Gasteiger partial charge in [0.05, 0.1) is 0 Å². The van der Waals surface area contributed by atoms with Crippen molar-refractivity contribution >= 4 is 23.4 Å². The van der Waals surface area contributed by atoms with Crippen LogP contribution in [0.25, 0.3) is 0 Å². The molecule has 1 aliphatic rings. The van der Waals surface area contributed by atoms with E-state index in [9.17, 15) is 4.79 Å². The number of nitrogens with zero attached hydrogens (tertiary/aromatic N) is 1. The van der Waals surface area contributed by atoms with Gasteiger partial charge in [0, 0.05) is 35.3 Å². The number of anilines is 1. The van der Waals surface area contributed by atoms with Gasteiger partial charge in [-0.2, -0.15) is 11.8 Å². The van der Waals surface area contributed by atoms with Crippen molar-refractivity contribution in [2.24, 2.45) is 5.84 Å². The molecule has 0 bridgehead atoms. The fraction of sp³-hybridized carbons (Fsp3) is 0.278. The Hall–Kier alpha value is -1.98. The van der Waals surface area contributed by atoms with E-state index < -0.39 is 0 Å². The van der Waals surface area contributed by atoms with Crippen LogP contribution in [-0.2, 0) is 6.42 Å². The van der Waals surface area contributed by atoms with Gasteiger partial charge in [0.2, 0.25) is 0 Å². The van der Waals surface area contributed by atoms with E-state index in [1.807, 2.05) is 36.0 Å². The van der Waals surface area contributed by atoms with Gasteiger partial charge in [-0.05, 0) is 36.2 Å². The second-order valence-corrected chi connectivity index (χ2v) is 7.06. The van der Waals surface area contributed by atoms with Crippen LogP contribution in [0.4, 0.5) is 5.69 Å². The van der Waals surface area contributed by atoms with Gasteiger partial charge in [-0.25, -0.2) is 5.84 Å². The first kappa shape index (κ1) is 15.9. The van der Waals surface area contributed by atoms with Crippen molar-refractivity contribution < 1.29 is 4.79 Å². The molecule has 0 saturated carbocycles. The van der Waals surface area contributed by atoms with E-state index in [2.05, 4.69) is 40.7 Å². The van der Waals surface area contributed by atoms with Crippen LogP contribution in [0.15, 0.2) is 54.6 Å². The maximum atomic E-state index is 11.5. The minimum Gasteiger partial charge on any atom is -0.370 e. The number of nitrogens with two attached hydrogens (primary N) is 1. The van der Waals surface area contributed by atoms with Crippen LogP contribution in [0.5, 0.6) is 0 Å². The molecule has 1 aliphatic heterocycles. The Morgan fingerprint density at radius 2 is 1.91 bits per heavy atom. The number of amides is 1. The number of hydrogen-bond acceptors (Lipinski definition) is 4. The third-order valence-corrected chi connectivity index (χ3v) is 5.28. The van der Waals surface area contributed by atoms with E-state index in [0.717, 1.165) is 25.3 Å². The molecule has 0 radical (unpaired) electrons. The van der Waals surface area contributed by atoms with Crippen LogP contribution in [0.2, 0.25) is 0 Å². The van der Waals surface area contributed by atoms with Crippen LogP contribution in [-0.4, -0.2) is 30.0 Å². The van der Waals surface area contributed by atoms with E-state index in [4.69, 9.17) is 5.84 Å². The van der Waals surface area contributed by atoms with Gasteiger partial charge in [-0.15, -0.1) is 0 Å². The lowest BCUT2D eigenvalue weighted by molar-refractivity contribution is 0.0953. The molecule has 1 amide bonds. The van der Waals surface area contributed by atoms with E-state index in [-0.39, 0.29) is 5.91 Å². The first-order chi connectivity index (χ1) is 11.3. The Balaban J connectivity index is 1.62. The molecule has 5 heteroatoms. The summed E-state index contributed by atoms with van der Waals surface area (Å²) >= 11 is 2.03. The lowest BCUT2D eigenvalue weighted by atomic mass is 10.1. The maximum absolute atomic E-state index is 11.5. The van der Waals surface area contributed by atoms with Gasteiger partial charge in [-0.3, -0.25) is 10.2 Å². The van der Waals surface area contributed by atoms with Crippen molar-refractivity contribution in [3.8, 4) is 0 Å². The first-order valence-electron chi connectivity index (χ1n) is 7.78. The highest BCUT2D eigenvalue weighted by atomic mass is 32.2. The number of benzene rings is 2. The molecule has 3 rings (SSSR count). The lowest BCUT2D eigenvalue weighted by Crippen LogP contribution is -2.38. The van der Waals surface area contributed by atoms with Gasteiger partial charge >= 0.3 is 0 Å². The van der Waals surface area contributed by atoms with Crippen LogP contribution >= 0.6 is 11.8 Å². The predicted octanol–water partition coefficient (Wildman–Crippen LogP) is 2.45. The fourth-order valence-electron chi connectivity index (χ4n) is 2.85. The summed E-state index contributed by atoms with van der Waals surface area (Å²) in [7, 11) is 0. The maximum Gasteiger partial charge on any atom is 0.265 e. The number of carbonyl (C=O) groups is 1. The molecule has 1 fully saturated rings. The number of rotatable bonds is 4. The minimum atomic E-state index is -0.251. The summed E-state index contributed by atoms with van der Waals surface area (Å²) in [5.41, 5.74) is 5.31. The van der Waals surface area contributed by atoms with E-state index >= 15 is 0 Å². The number of hydrogen-bond donors (Lipinski definition) is 2. The normalized spacial score (nSPS) is 17.8. The smallest absolute Gasteiger partial charge is 0.265 e. The summed E-state index contributed by atoms with van der Waals surface area (Å²) in [4.78, 5) is 13.9. The van der Waals surface area contributed by atoms with Crippen molar-refractivity contribution in [2.75, 3.05) is 23.7 Å². The Morgan fingerprint density at radius 3 is 2.61 bits per heavy atom. The molecular weight excluding hydrogens is 306 g/mol. The highest BCUT2D eigenvalue weighted by Crippen LogP contribution is 2.26. The number of carbonyl (C=O) groups excluding carboxylic acids is 1. The Labute approximate surface area is 141 Å². The molecule has 1 saturated heterocycles. The Bertz CT molecular complexity index is 645. The number of para-hydroxylation sites is 1. The summed E-state index contributed by atoms with van der Waals surface area (Å²) in [5, 5.41) is 0.568. The molecule has 4 nitrogen and oxygen atoms in total. The van der Waals surface area contributed by atoms with Gasteiger partial charge in [0.15, 0.2) is 0 Å². The molecule has 120 valence electrons. The molecule has 2 aromatic carbocycles. The first-order valence-corrected chi connectivity index (χ1v) is 8.82. The summed E-state index contributed by atoms with van der Waals surface area (Å²) < 4.78 is 0. The highest BCUT2D eigenvalue weighted by molar-refractivity contribution is 8.00. The number of thioether (sulfide) groups is 1. The summed E-state index contributed by atoms with van der Waals surface area (Å²) in [5.74, 6) is 6.05. The van der Waals surface area contributed by atoms with E-state index in [0.29, 0.717) is 10.8 Å². The molecule has 1 unspecified atom stereocenters. The molecule has 2 aromatic rings. The van der Waals surface area contributed by atoms with Gasteiger partial charge in [0.1, 0.15) is 0 Å². The zero-order chi connectivity index (χ0) is 16.1. The highest BCUT2D eigenvalue weighted by Gasteiger charge is 2.21. The summed E-state index contributed by atoms with van der Waals surface area (Å²) in [6.45, 7) is 2.15. The van der Waals surface area contributed by atoms with Gasteiger partial charge < -0.3 is 4.90 Å². The van der Waals surface area contributed by atoms with Crippen molar-refractivity contribution in [2.45, 2.75) is 11.7 Å². The van der Waals surface area contributed by atoms with Crippen molar-refractivity contribution in [1.29, 1.82) is 0 Å². The Kier molecular flexibility index (Phi) is 5.20. The van der Waals surface area contributed by atoms with Crippen molar-refractivity contribution in [1.82, 2.24) is 5.43 Å². The largest absolute Gasteiger partial charge is 0.370 e. The molecule has 1 atom stereocenters. The van der Waals surface area contributed by atoms with E-state index in [1.54, 1.807) is 0 Å². The van der Waals surface area contributed by atoms with Gasteiger partial charge in [0.25, 0.3) is 5.91 Å². The monoisotopic (exact) mass is 327 g/mol. The number of hydrazine groups is 1. The zero-order valence-electron chi connectivity index (χ0n) is 12.9. The standard InChI is InChI=1S/C18H21N3OS/c19-20-18(22)15-8-6-14(7-9-15)12-17-13-21(10-11-23-17)16-4-2-1-3-5-16/h1-9,17H,10-13,19H2,(H,20,22). The van der Waals surface area contributed by atoms with E-state index in [1.165, 1.54) is 11.3 Å². The second-order valence-electron chi connectivity index (χ2n) is 5.65. The van der Waals surface area contributed by atoms with Crippen LogP contribution in [0.1, 0.15) is 15.9 Å². The Morgan fingerprint density at radius 1 is 1.17 bits per heavy atom. The minimum absolute atomic E-state index is 0.251. The SMILES string of the molecule is NNC(=O)c1ccc(CC2CN(c3ccccc3)CCS2)cc1. The average Bonchev–Trinajstić information content (AvgIpc) is 2.63.